The summed E-state index contributed by atoms with van der Waals surface area (Å²) in [5.74, 6) is 1.50. The van der Waals surface area contributed by atoms with Crippen LogP contribution in [0.4, 0.5) is 5.69 Å². The second kappa shape index (κ2) is 8.67. The molecule has 0 spiro atoms. The molecule has 0 bridgehead atoms. The summed E-state index contributed by atoms with van der Waals surface area (Å²) in [6.45, 7) is 0. The maximum atomic E-state index is 13.2. The van der Waals surface area contributed by atoms with Crippen molar-refractivity contribution in [3.8, 4) is 23.0 Å². The predicted octanol–water partition coefficient (Wildman–Crippen LogP) is 3.50. The van der Waals surface area contributed by atoms with Crippen LogP contribution in [0, 0.1) is 0 Å². The number of carbonyl (C=O) groups excluding carboxylic acids is 1. The minimum Gasteiger partial charge on any atom is -0.495 e. The molecule has 0 amide bonds. The molecule has 0 radical (unpaired) electrons. The van der Waals surface area contributed by atoms with Crippen LogP contribution in [-0.4, -0.2) is 39.2 Å². The van der Waals surface area contributed by atoms with Crippen LogP contribution in [0.2, 0.25) is 0 Å². The lowest BCUT2D eigenvalue weighted by molar-refractivity contribution is 0.103. The van der Waals surface area contributed by atoms with Gasteiger partial charge in [0, 0.05) is 28.9 Å². The summed E-state index contributed by atoms with van der Waals surface area (Å²) in [6, 6.07) is 6.73. The molecule has 7 nitrogen and oxygen atoms in total. The first-order valence-corrected chi connectivity index (χ1v) is 8.10. The first-order chi connectivity index (χ1) is 13.0. The molecule has 0 saturated heterocycles. The van der Waals surface area contributed by atoms with Gasteiger partial charge >= 0.3 is 0 Å². The van der Waals surface area contributed by atoms with Crippen molar-refractivity contribution in [2.75, 3.05) is 34.2 Å². The number of benzene rings is 2. The van der Waals surface area contributed by atoms with E-state index in [1.165, 1.54) is 34.6 Å². The van der Waals surface area contributed by atoms with E-state index in [9.17, 15) is 4.79 Å². The van der Waals surface area contributed by atoms with E-state index in [0.717, 1.165) is 0 Å². The Bertz CT molecular complexity index is 998. The van der Waals surface area contributed by atoms with Gasteiger partial charge in [-0.2, -0.15) is 0 Å². The number of nitrogens with two attached hydrogens (primary N) is 1. The molecule has 2 aromatic carbocycles. The third kappa shape index (κ3) is 3.48. The molecule has 148 valence electrons. The minimum atomic E-state index is -0.239. The van der Waals surface area contributed by atoms with E-state index < -0.39 is 0 Å². The molecule has 2 N–H and O–H groups in total. The van der Waals surface area contributed by atoms with Crippen molar-refractivity contribution in [2.45, 2.75) is 0 Å². The van der Waals surface area contributed by atoms with Gasteiger partial charge in [0.1, 0.15) is 5.75 Å². The van der Waals surface area contributed by atoms with Gasteiger partial charge in [0.25, 0.3) is 0 Å². The zero-order valence-electron chi connectivity index (χ0n) is 15.9. The fourth-order valence-electron chi connectivity index (χ4n) is 2.97. The highest BCUT2D eigenvalue weighted by atomic mass is 35.5. The molecule has 0 aliphatic heterocycles. The van der Waals surface area contributed by atoms with E-state index in [1.54, 1.807) is 30.5 Å². The fraction of sp³-hybridized carbons (Fsp3) is 0.200. The number of pyridine rings is 1. The number of carbonyl (C=O) groups is 1. The van der Waals surface area contributed by atoms with E-state index in [4.69, 9.17) is 24.7 Å². The Hall–Kier alpha value is -3.19. The average molecular weight is 405 g/mol. The molecule has 3 rings (SSSR count). The number of halogens is 1. The van der Waals surface area contributed by atoms with Gasteiger partial charge in [0.2, 0.25) is 5.75 Å². The smallest absolute Gasteiger partial charge is 0.203 e. The van der Waals surface area contributed by atoms with Crippen LogP contribution in [0.5, 0.6) is 23.0 Å². The Morgan fingerprint density at radius 3 is 2.00 bits per heavy atom. The molecule has 1 heterocycles. The molecule has 28 heavy (non-hydrogen) atoms. The number of ketones is 1. The highest BCUT2D eigenvalue weighted by molar-refractivity contribution is 6.18. The second-order valence-electron chi connectivity index (χ2n) is 5.71. The van der Waals surface area contributed by atoms with Crippen LogP contribution < -0.4 is 24.7 Å². The first-order valence-electron chi connectivity index (χ1n) is 8.10. The lowest BCUT2D eigenvalue weighted by atomic mass is 9.98. The molecule has 3 aromatic rings. The number of ether oxygens (including phenoxy) is 4. The summed E-state index contributed by atoms with van der Waals surface area (Å²) in [6.07, 6.45) is 3.12. The number of nitrogen functional groups attached to an aromatic ring is 1. The second-order valence-corrected chi connectivity index (χ2v) is 5.71. The van der Waals surface area contributed by atoms with Crippen molar-refractivity contribution in [1.82, 2.24) is 4.98 Å². The van der Waals surface area contributed by atoms with Crippen molar-refractivity contribution in [3.05, 3.63) is 47.8 Å². The maximum absolute atomic E-state index is 13.2. The fourth-order valence-corrected chi connectivity index (χ4v) is 2.97. The van der Waals surface area contributed by atoms with Gasteiger partial charge in [0.05, 0.1) is 34.1 Å². The monoisotopic (exact) mass is 404 g/mol. The van der Waals surface area contributed by atoms with E-state index >= 15 is 0 Å². The summed E-state index contributed by atoms with van der Waals surface area (Å²) in [5.41, 5.74) is 7.36. The van der Waals surface area contributed by atoms with Gasteiger partial charge in [-0.25, -0.2) is 0 Å². The van der Waals surface area contributed by atoms with Crippen LogP contribution in [0.1, 0.15) is 15.9 Å². The standard InChI is InChI=1S/C20H20N2O5.ClH/c1-24-15-6-5-12-13(18(15)21)9-22-10-14(12)19(23)11-7-16(25-2)20(27-4)17(8-11)26-3;/h5-10H,21H2,1-4H3;1H. The molecule has 0 unspecified atom stereocenters. The number of methoxy groups -OCH3 is 4. The van der Waals surface area contributed by atoms with Crippen molar-refractivity contribution in [3.63, 3.8) is 0 Å². The van der Waals surface area contributed by atoms with E-state index in [1.807, 2.05) is 0 Å². The SMILES string of the molecule is COc1cc(C(=O)c2cncc3c(N)c(OC)ccc23)cc(OC)c1OC.Cl. The molecule has 0 aliphatic rings. The zero-order chi connectivity index (χ0) is 19.6. The van der Waals surface area contributed by atoms with Crippen LogP contribution in [0.3, 0.4) is 0 Å². The van der Waals surface area contributed by atoms with Gasteiger partial charge in [-0.15, -0.1) is 12.4 Å². The Balaban J connectivity index is 0.00000280. The van der Waals surface area contributed by atoms with Crippen LogP contribution in [0.15, 0.2) is 36.7 Å². The zero-order valence-corrected chi connectivity index (χ0v) is 16.8. The molecule has 0 aliphatic carbocycles. The summed E-state index contributed by atoms with van der Waals surface area (Å²) >= 11 is 0. The summed E-state index contributed by atoms with van der Waals surface area (Å²) in [5, 5.41) is 1.33. The number of hydrogen-bond acceptors (Lipinski definition) is 7. The highest BCUT2D eigenvalue weighted by Crippen LogP contribution is 2.39. The number of rotatable bonds is 6. The van der Waals surface area contributed by atoms with Gasteiger partial charge in [-0.05, 0) is 29.7 Å². The topological polar surface area (TPSA) is 92.9 Å². The summed E-state index contributed by atoms with van der Waals surface area (Å²) in [4.78, 5) is 17.4. The quantitative estimate of drug-likeness (QED) is 0.496. The molecule has 8 heteroatoms. The summed E-state index contributed by atoms with van der Waals surface area (Å²) < 4.78 is 21.2. The minimum absolute atomic E-state index is 0. The largest absolute Gasteiger partial charge is 0.495 e. The van der Waals surface area contributed by atoms with E-state index in [0.29, 0.717) is 50.6 Å². The van der Waals surface area contributed by atoms with Crippen molar-refractivity contribution in [2.24, 2.45) is 0 Å². The van der Waals surface area contributed by atoms with Gasteiger partial charge in [-0.3, -0.25) is 9.78 Å². The van der Waals surface area contributed by atoms with Crippen molar-refractivity contribution < 1.29 is 23.7 Å². The van der Waals surface area contributed by atoms with Gasteiger partial charge in [0.15, 0.2) is 17.3 Å². The summed E-state index contributed by atoms with van der Waals surface area (Å²) in [7, 11) is 6.04. The van der Waals surface area contributed by atoms with Crippen LogP contribution in [0.25, 0.3) is 10.8 Å². The predicted molar refractivity (Wildman–Crippen MR) is 109 cm³/mol. The molecular formula is C20H21ClN2O5. The Morgan fingerprint density at radius 2 is 1.46 bits per heavy atom. The number of fused-ring (bicyclic) bond motifs is 1. The molecule has 0 saturated carbocycles. The lowest BCUT2D eigenvalue weighted by Crippen LogP contribution is -2.06. The molecule has 1 aromatic heterocycles. The van der Waals surface area contributed by atoms with Crippen molar-refractivity contribution >= 4 is 34.7 Å². The molecular weight excluding hydrogens is 384 g/mol. The lowest BCUT2D eigenvalue weighted by Gasteiger charge is -2.14. The number of anilines is 1. The number of aromatic nitrogens is 1. The van der Waals surface area contributed by atoms with Gasteiger partial charge in [-0.1, -0.05) is 0 Å². The van der Waals surface area contributed by atoms with Crippen LogP contribution in [-0.2, 0) is 0 Å². The number of nitrogens with zero attached hydrogens (tertiary/aromatic N) is 1. The Kier molecular flexibility index (Phi) is 6.53. The van der Waals surface area contributed by atoms with Gasteiger partial charge < -0.3 is 24.7 Å². The van der Waals surface area contributed by atoms with Crippen LogP contribution >= 0.6 is 12.4 Å². The third-order valence-corrected chi connectivity index (χ3v) is 4.34. The maximum Gasteiger partial charge on any atom is 0.203 e. The van der Waals surface area contributed by atoms with E-state index in [2.05, 4.69) is 4.98 Å². The van der Waals surface area contributed by atoms with Crippen molar-refractivity contribution in [1.29, 1.82) is 0 Å². The Labute approximate surface area is 168 Å². The first kappa shape index (κ1) is 21.1. The number of hydrogen-bond donors (Lipinski definition) is 1. The average Bonchev–Trinajstić information content (AvgIpc) is 2.72. The third-order valence-electron chi connectivity index (χ3n) is 4.34. The molecule has 0 fully saturated rings. The molecule has 0 atom stereocenters. The van der Waals surface area contributed by atoms with E-state index in [-0.39, 0.29) is 18.2 Å². The Morgan fingerprint density at radius 1 is 0.857 bits per heavy atom. The normalized spacial score (nSPS) is 10.1. The highest BCUT2D eigenvalue weighted by Gasteiger charge is 2.20.